The molecule has 0 aliphatic rings. The van der Waals surface area contributed by atoms with Gasteiger partial charge in [0.05, 0.1) is 0 Å². The van der Waals surface area contributed by atoms with Gasteiger partial charge in [-0.3, -0.25) is 14.4 Å². The molecule has 0 aromatic rings. The molecule has 0 aromatic carbocycles. The number of hydrogen-bond donors (Lipinski definition) is 0. The molecule has 52 heavy (non-hydrogen) atoms. The number of hydrogen-bond acceptors (Lipinski definition) is 6. The van der Waals surface area contributed by atoms with E-state index in [1.807, 2.05) is 0 Å². The Morgan fingerprint density at radius 2 is 0.673 bits per heavy atom. The van der Waals surface area contributed by atoms with Crippen molar-refractivity contribution in [3.8, 4) is 0 Å². The number of carbonyl (C=O) groups is 3. The molecule has 0 saturated heterocycles. The Morgan fingerprint density at radius 1 is 0.385 bits per heavy atom. The Morgan fingerprint density at radius 3 is 1.00 bits per heavy atom. The zero-order valence-electron chi connectivity index (χ0n) is 35.3. The Labute approximate surface area is 323 Å². The highest BCUT2D eigenvalue weighted by molar-refractivity contribution is 5.71. The zero-order valence-corrected chi connectivity index (χ0v) is 35.3. The summed E-state index contributed by atoms with van der Waals surface area (Å²) in [6, 6.07) is 0. The summed E-state index contributed by atoms with van der Waals surface area (Å²) in [5.74, 6) is -0.00896. The van der Waals surface area contributed by atoms with Crippen LogP contribution in [0.15, 0.2) is 0 Å². The van der Waals surface area contributed by atoms with E-state index in [0.29, 0.717) is 19.3 Å². The van der Waals surface area contributed by atoms with Crippen molar-refractivity contribution < 1.29 is 28.6 Å². The van der Waals surface area contributed by atoms with Crippen LogP contribution in [0.25, 0.3) is 0 Å². The van der Waals surface area contributed by atoms with Crippen LogP contribution in [0.5, 0.6) is 0 Å². The van der Waals surface area contributed by atoms with Crippen LogP contribution in [-0.4, -0.2) is 37.2 Å². The number of rotatable bonds is 41. The molecule has 0 radical (unpaired) electrons. The third-order valence-electron chi connectivity index (χ3n) is 10.7. The van der Waals surface area contributed by atoms with Crippen LogP contribution in [0.3, 0.4) is 0 Å². The van der Waals surface area contributed by atoms with Crippen LogP contribution in [-0.2, 0) is 28.6 Å². The molecule has 308 valence electrons. The number of unbranched alkanes of at least 4 members (excludes halogenated alkanes) is 27. The second-order valence-electron chi connectivity index (χ2n) is 15.9. The van der Waals surface area contributed by atoms with Gasteiger partial charge in [0.1, 0.15) is 13.2 Å². The van der Waals surface area contributed by atoms with Crippen LogP contribution < -0.4 is 0 Å². The molecule has 0 aromatic heterocycles. The largest absolute Gasteiger partial charge is 0.462 e. The maximum absolute atomic E-state index is 12.7. The summed E-state index contributed by atoms with van der Waals surface area (Å²) in [5, 5.41) is 0. The standard InChI is InChI=1S/C46H88O6/c1-5-8-10-12-14-16-17-18-19-21-27-31-35-39-46(49)52-43(40-50-44(47)37-33-29-25-20-15-13-11-9-6-2)41-51-45(48)38-34-30-26-23-22-24-28-32-36-42(4)7-3/h42-43H,5-41H2,1-4H3/t42?,43-/m0/s1. The molecule has 0 fully saturated rings. The zero-order chi connectivity index (χ0) is 38.2. The summed E-state index contributed by atoms with van der Waals surface area (Å²) in [4.78, 5) is 37.7. The van der Waals surface area contributed by atoms with E-state index < -0.39 is 6.10 Å². The minimum absolute atomic E-state index is 0.0642. The predicted octanol–water partition coefficient (Wildman–Crippen LogP) is 14.3. The first-order valence-corrected chi connectivity index (χ1v) is 22.9. The van der Waals surface area contributed by atoms with Gasteiger partial charge in [-0.05, 0) is 25.2 Å². The Balaban J connectivity index is 4.33. The van der Waals surface area contributed by atoms with Crippen molar-refractivity contribution in [2.75, 3.05) is 13.2 Å². The second-order valence-corrected chi connectivity index (χ2v) is 15.9. The van der Waals surface area contributed by atoms with Crippen LogP contribution >= 0.6 is 0 Å². The minimum atomic E-state index is -0.759. The highest BCUT2D eigenvalue weighted by Crippen LogP contribution is 2.17. The molecule has 0 spiro atoms. The van der Waals surface area contributed by atoms with Crippen molar-refractivity contribution in [2.45, 2.75) is 259 Å². The molecular formula is C46H88O6. The first-order chi connectivity index (χ1) is 25.4. The first kappa shape index (κ1) is 50.4. The summed E-state index contributed by atoms with van der Waals surface area (Å²) in [6.45, 7) is 8.98. The van der Waals surface area contributed by atoms with Crippen LogP contribution in [0.2, 0.25) is 0 Å². The van der Waals surface area contributed by atoms with Gasteiger partial charge in [0.15, 0.2) is 6.10 Å². The van der Waals surface area contributed by atoms with Gasteiger partial charge >= 0.3 is 17.9 Å². The third kappa shape index (κ3) is 38.1. The van der Waals surface area contributed by atoms with E-state index in [0.717, 1.165) is 63.7 Å². The smallest absolute Gasteiger partial charge is 0.306 e. The number of ether oxygens (including phenoxy) is 3. The van der Waals surface area contributed by atoms with Crippen LogP contribution in [0, 0.1) is 5.92 Å². The lowest BCUT2D eigenvalue weighted by atomic mass is 9.99. The van der Waals surface area contributed by atoms with Gasteiger partial charge in [0.2, 0.25) is 0 Å². The summed E-state index contributed by atoms with van der Waals surface area (Å²) in [5.41, 5.74) is 0. The molecule has 0 amide bonds. The molecule has 0 heterocycles. The van der Waals surface area contributed by atoms with E-state index >= 15 is 0 Å². The van der Waals surface area contributed by atoms with Gasteiger partial charge < -0.3 is 14.2 Å². The topological polar surface area (TPSA) is 78.9 Å². The average molecular weight is 737 g/mol. The SMILES string of the molecule is CCCCCCCCCCCCCCCC(=O)O[C@@H](COC(=O)CCCCCCCCCCC)COC(=O)CCCCCCCCCCC(C)CC. The summed E-state index contributed by atoms with van der Waals surface area (Å²) in [6.07, 6.45) is 39.3. The van der Waals surface area contributed by atoms with Gasteiger partial charge in [-0.25, -0.2) is 0 Å². The fourth-order valence-corrected chi connectivity index (χ4v) is 6.77. The van der Waals surface area contributed by atoms with Crippen molar-refractivity contribution in [3.63, 3.8) is 0 Å². The lowest BCUT2D eigenvalue weighted by molar-refractivity contribution is -0.167. The van der Waals surface area contributed by atoms with E-state index in [2.05, 4.69) is 27.7 Å². The van der Waals surface area contributed by atoms with Gasteiger partial charge in [-0.2, -0.15) is 0 Å². The van der Waals surface area contributed by atoms with E-state index in [4.69, 9.17) is 14.2 Å². The minimum Gasteiger partial charge on any atom is -0.462 e. The fourth-order valence-electron chi connectivity index (χ4n) is 6.77. The summed E-state index contributed by atoms with van der Waals surface area (Å²) < 4.78 is 16.7. The van der Waals surface area contributed by atoms with E-state index in [9.17, 15) is 14.4 Å². The van der Waals surface area contributed by atoms with Gasteiger partial charge in [-0.15, -0.1) is 0 Å². The first-order valence-electron chi connectivity index (χ1n) is 22.9. The molecular weight excluding hydrogens is 648 g/mol. The van der Waals surface area contributed by atoms with Crippen molar-refractivity contribution >= 4 is 17.9 Å². The molecule has 6 nitrogen and oxygen atoms in total. The molecule has 1 unspecified atom stereocenters. The lowest BCUT2D eigenvalue weighted by Crippen LogP contribution is -2.30. The molecule has 2 atom stereocenters. The molecule has 0 N–H and O–H groups in total. The second kappa shape index (κ2) is 40.6. The van der Waals surface area contributed by atoms with Crippen molar-refractivity contribution in [3.05, 3.63) is 0 Å². The van der Waals surface area contributed by atoms with E-state index in [-0.39, 0.29) is 31.1 Å². The predicted molar refractivity (Wildman–Crippen MR) is 220 cm³/mol. The van der Waals surface area contributed by atoms with Crippen molar-refractivity contribution in [1.29, 1.82) is 0 Å². The van der Waals surface area contributed by atoms with Gasteiger partial charge in [0.25, 0.3) is 0 Å². The normalized spacial score (nSPS) is 12.5. The lowest BCUT2D eigenvalue weighted by Gasteiger charge is -2.18. The van der Waals surface area contributed by atoms with Gasteiger partial charge in [0, 0.05) is 19.3 Å². The molecule has 0 aliphatic heterocycles. The highest BCUT2D eigenvalue weighted by Gasteiger charge is 2.19. The molecule has 0 aliphatic carbocycles. The number of esters is 3. The van der Waals surface area contributed by atoms with E-state index in [1.165, 1.54) is 148 Å². The Bertz CT molecular complexity index is 783. The molecule has 6 heteroatoms. The summed E-state index contributed by atoms with van der Waals surface area (Å²) in [7, 11) is 0. The Hall–Kier alpha value is -1.59. The maximum Gasteiger partial charge on any atom is 0.306 e. The fraction of sp³-hybridized carbons (Fsp3) is 0.935. The quantitative estimate of drug-likeness (QED) is 0.0353. The number of carbonyl (C=O) groups excluding carboxylic acids is 3. The van der Waals surface area contributed by atoms with Gasteiger partial charge in [-0.1, -0.05) is 214 Å². The third-order valence-corrected chi connectivity index (χ3v) is 10.7. The molecule has 0 saturated carbocycles. The van der Waals surface area contributed by atoms with Crippen LogP contribution in [0.4, 0.5) is 0 Å². The summed E-state index contributed by atoms with van der Waals surface area (Å²) >= 11 is 0. The highest BCUT2D eigenvalue weighted by atomic mass is 16.6. The maximum atomic E-state index is 12.7. The van der Waals surface area contributed by atoms with Crippen molar-refractivity contribution in [2.24, 2.45) is 5.92 Å². The molecule has 0 bridgehead atoms. The van der Waals surface area contributed by atoms with Crippen LogP contribution in [0.1, 0.15) is 252 Å². The monoisotopic (exact) mass is 737 g/mol. The Kier molecular flexibility index (Phi) is 39.4. The average Bonchev–Trinajstić information content (AvgIpc) is 3.14. The van der Waals surface area contributed by atoms with E-state index in [1.54, 1.807) is 0 Å². The molecule has 0 rings (SSSR count). The van der Waals surface area contributed by atoms with Crippen molar-refractivity contribution in [1.82, 2.24) is 0 Å².